The van der Waals surface area contributed by atoms with Crippen molar-refractivity contribution in [1.29, 1.82) is 0 Å². The highest BCUT2D eigenvalue weighted by molar-refractivity contribution is 6.09. The molecule has 0 aliphatic rings. The van der Waals surface area contributed by atoms with Crippen LogP contribution in [0.4, 0.5) is 0 Å². The van der Waals surface area contributed by atoms with Crippen LogP contribution in [-0.2, 0) is 4.74 Å². The van der Waals surface area contributed by atoms with Crippen LogP contribution in [0.2, 0.25) is 0 Å². The number of allylic oxidation sites excluding steroid dienone is 1. The minimum absolute atomic E-state index is 0.204. The van der Waals surface area contributed by atoms with Gasteiger partial charge in [-0.15, -0.1) is 0 Å². The topological polar surface area (TPSA) is 61.8 Å². The number of methoxy groups -OCH3 is 2. The quantitative estimate of drug-likeness (QED) is 0.436. The van der Waals surface area contributed by atoms with Crippen molar-refractivity contribution in [2.75, 3.05) is 20.8 Å². The number of benzene rings is 2. The molecule has 0 amide bonds. The normalized spacial score (nSPS) is 10.5. The minimum atomic E-state index is -0.366. The van der Waals surface area contributed by atoms with Crippen molar-refractivity contribution in [3.63, 3.8) is 0 Å². The summed E-state index contributed by atoms with van der Waals surface area (Å²) < 4.78 is 15.3. The number of carbonyl (C=O) groups is 2. The van der Waals surface area contributed by atoms with Crippen molar-refractivity contribution >= 4 is 17.8 Å². The Bertz CT molecular complexity index is 775. The van der Waals surface area contributed by atoms with Gasteiger partial charge in [0.2, 0.25) is 0 Å². The van der Waals surface area contributed by atoms with E-state index >= 15 is 0 Å². The van der Waals surface area contributed by atoms with E-state index in [4.69, 9.17) is 14.2 Å². The van der Waals surface area contributed by atoms with Gasteiger partial charge in [0.25, 0.3) is 0 Å². The molecule has 5 nitrogen and oxygen atoms in total. The standard InChI is InChI=1S/C20H20O5/c1-4-25-20(22)15-8-5-14(6-9-15)7-11-18(21)17-13-16(23-2)10-12-19(17)24-3/h5-13H,4H2,1-3H3/b11-7+. The van der Waals surface area contributed by atoms with E-state index in [1.54, 1.807) is 55.5 Å². The molecule has 0 aliphatic heterocycles. The van der Waals surface area contributed by atoms with Gasteiger partial charge in [0.1, 0.15) is 11.5 Å². The number of hydrogen-bond donors (Lipinski definition) is 0. The van der Waals surface area contributed by atoms with E-state index in [2.05, 4.69) is 0 Å². The summed E-state index contributed by atoms with van der Waals surface area (Å²) in [5, 5.41) is 0. The van der Waals surface area contributed by atoms with Crippen molar-refractivity contribution in [2.45, 2.75) is 6.92 Å². The lowest BCUT2D eigenvalue weighted by molar-refractivity contribution is 0.0526. The monoisotopic (exact) mass is 340 g/mol. The molecule has 0 bridgehead atoms. The maximum Gasteiger partial charge on any atom is 0.338 e. The number of ether oxygens (including phenoxy) is 3. The summed E-state index contributed by atoms with van der Waals surface area (Å²) in [6.07, 6.45) is 3.13. The van der Waals surface area contributed by atoms with Crippen molar-refractivity contribution in [3.05, 3.63) is 65.2 Å². The van der Waals surface area contributed by atoms with Crippen LogP contribution in [0, 0.1) is 0 Å². The Hall–Kier alpha value is -3.08. The fourth-order valence-electron chi connectivity index (χ4n) is 2.21. The molecular formula is C20H20O5. The first kappa shape index (κ1) is 18.3. The molecule has 2 rings (SSSR count). The van der Waals surface area contributed by atoms with Crippen molar-refractivity contribution in [3.8, 4) is 11.5 Å². The van der Waals surface area contributed by atoms with Gasteiger partial charge in [-0.1, -0.05) is 18.2 Å². The van der Waals surface area contributed by atoms with Gasteiger partial charge in [0, 0.05) is 0 Å². The second-order valence-electron chi connectivity index (χ2n) is 5.11. The third kappa shape index (κ3) is 4.70. The molecule has 5 heteroatoms. The van der Waals surface area contributed by atoms with Crippen LogP contribution in [0.3, 0.4) is 0 Å². The Morgan fingerprint density at radius 2 is 1.72 bits per heavy atom. The predicted molar refractivity (Wildman–Crippen MR) is 95.3 cm³/mol. The summed E-state index contributed by atoms with van der Waals surface area (Å²) in [7, 11) is 3.05. The van der Waals surface area contributed by atoms with E-state index in [0.717, 1.165) is 5.56 Å². The molecule has 0 saturated carbocycles. The molecule has 25 heavy (non-hydrogen) atoms. The Kier molecular flexibility index (Phi) is 6.34. The van der Waals surface area contributed by atoms with Crippen LogP contribution in [0.1, 0.15) is 33.2 Å². The number of hydrogen-bond acceptors (Lipinski definition) is 5. The first-order chi connectivity index (χ1) is 12.1. The van der Waals surface area contributed by atoms with Gasteiger partial charge in [-0.3, -0.25) is 4.79 Å². The first-order valence-corrected chi connectivity index (χ1v) is 7.80. The molecule has 0 saturated heterocycles. The second kappa shape index (κ2) is 8.68. The fraction of sp³-hybridized carbons (Fsp3) is 0.200. The molecule has 0 atom stereocenters. The van der Waals surface area contributed by atoms with Gasteiger partial charge in [-0.25, -0.2) is 4.79 Å². The number of ketones is 1. The zero-order valence-corrected chi connectivity index (χ0v) is 14.4. The van der Waals surface area contributed by atoms with E-state index in [0.29, 0.717) is 29.2 Å². The summed E-state index contributed by atoms with van der Waals surface area (Å²) in [5.41, 5.74) is 1.68. The first-order valence-electron chi connectivity index (χ1n) is 7.80. The van der Waals surface area contributed by atoms with Crippen molar-refractivity contribution in [1.82, 2.24) is 0 Å². The largest absolute Gasteiger partial charge is 0.497 e. The van der Waals surface area contributed by atoms with Gasteiger partial charge < -0.3 is 14.2 Å². The van der Waals surface area contributed by atoms with Gasteiger partial charge in [-0.05, 0) is 48.9 Å². The van der Waals surface area contributed by atoms with Crippen LogP contribution >= 0.6 is 0 Å². The Labute approximate surface area is 146 Å². The van der Waals surface area contributed by atoms with E-state index in [1.807, 2.05) is 0 Å². The highest BCUT2D eigenvalue weighted by Crippen LogP contribution is 2.25. The van der Waals surface area contributed by atoms with Gasteiger partial charge >= 0.3 is 5.97 Å². The van der Waals surface area contributed by atoms with E-state index in [9.17, 15) is 9.59 Å². The zero-order chi connectivity index (χ0) is 18.2. The third-order valence-electron chi connectivity index (χ3n) is 3.52. The summed E-state index contributed by atoms with van der Waals surface area (Å²) >= 11 is 0. The molecule has 0 aromatic heterocycles. The van der Waals surface area contributed by atoms with Crippen LogP contribution in [0.15, 0.2) is 48.5 Å². The summed E-state index contributed by atoms with van der Waals surface area (Å²) in [6.45, 7) is 2.09. The van der Waals surface area contributed by atoms with Crippen molar-refractivity contribution < 1.29 is 23.8 Å². The van der Waals surface area contributed by atoms with Crippen LogP contribution in [-0.4, -0.2) is 32.6 Å². The summed E-state index contributed by atoms with van der Waals surface area (Å²) in [4.78, 5) is 24.0. The average molecular weight is 340 g/mol. The average Bonchev–Trinajstić information content (AvgIpc) is 2.66. The molecule has 130 valence electrons. The number of rotatable bonds is 7. The van der Waals surface area contributed by atoms with Crippen LogP contribution in [0.25, 0.3) is 6.08 Å². The molecule has 0 radical (unpaired) electrons. The highest BCUT2D eigenvalue weighted by Gasteiger charge is 2.11. The van der Waals surface area contributed by atoms with E-state index < -0.39 is 0 Å². The lowest BCUT2D eigenvalue weighted by Gasteiger charge is -2.07. The molecule has 0 heterocycles. The number of carbonyl (C=O) groups excluding carboxylic acids is 2. The molecule has 2 aromatic carbocycles. The van der Waals surface area contributed by atoms with Crippen LogP contribution < -0.4 is 9.47 Å². The van der Waals surface area contributed by atoms with Gasteiger partial charge in [0.05, 0.1) is 32.0 Å². The minimum Gasteiger partial charge on any atom is -0.497 e. The molecule has 0 aliphatic carbocycles. The zero-order valence-electron chi connectivity index (χ0n) is 14.4. The summed E-state index contributed by atoms with van der Waals surface area (Å²) in [6, 6.07) is 11.9. The lowest BCUT2D eigenvalue weighted by atomic mass is 10.1. The maximum absolute atomic E-state index is 12.4. The molecule has 2 aromatic rings. The predicted octanol–water partition coefficient (Wildman–Crippen LogP) is 3.78. The summed E-state index contributed by atoms with van der Waals surface area (Å²) in [5.74, 6) is 0.491. The van der Waals surface area contributed by atoms with E-state index in [-0.39, 0.29) is 11.8 Å². The lowest BCUT2D eigenvalue weighted by Crippen LogP contribution is -2.04. The Morgan fingerprint density at radius 1 is 1.00 bits per heavy atom. The fourth-order valence-corrected chi connectivity index (χ4v) is 2.21. The van der Waals surface area contributed by atoms with Crippen molar-refractivity contribution in [2.24, 2.45) is 0 Å². The number of esters is 1. The third-order valence-corrected chi connectivity index (χ3v) is 3.52. The maximum atomic E-state index is 12.4. The molecule has 0 unspecified atom stereocenters. The van der Waals surface area contributed by atoms with Crippen LogP contribution in [0.5, 0.6) is 11.5 Å². The SMILES string of the molecule is CCOC(=O)c1ccc(/C=C/C(=O)c2cc(OC)ccc2OC)cc1. The Balaban J connectivity index is 2.16. The van der Waals surface area contributed by atoms with E-state index in [1.165, 1.54) is 20.3 Å². The van der Waals surface area contributed by atoms with Gasteiger partial charge in [0.15, 0.2) is 5.78 Å². The smallest absolute Gasteiger partial charge is 0.338 e. The highest BCUT2D eigenvalue weighted by atomic mass is 16.5. The molecular weight excluding hydrogens is 320 g/mol. The molecule has 0 N–H and O–H groups in total. The second-order valence-corrected chi connectivity index (χ2v) is 5.11. The van der Waals surface area contributed by atoms with Gasteiger partial charge in [-0.2, -0.15) is 0 Å². The molecule has 0 fully saturated rings. The molecule has 0 spiro atoms. The Morgan fingerprint density at radius 3 is 2.32 bits per heavy atom.